The van der Waals surface area contributed by atoms with Crippen LogP contribution in [0.1, 0.15) is 30.0 Å². The van der Waals surface area contributed by atoms with Gasteiger partial charge in [0.1, 0.15) is 12.4 Å². The minimum Gasteiger partial charge on any atom is -0.488 e. The largest absolute Gasteiger partial charge is 0.488 e. The van der Waals surface area contributed by atoms with E-state index in [1.165, 1.54) is 38.9 Å². The number of hydrogen-bond donors (Lipinski definition) is 0. The Balaban J connectivity index is 1.91. The summed E-state index contributed by atoms with van der Waals surface area (Å²) in [4.78, 5) is 0. The zero-order valence-corrected chi connectivity index (χ0v) is 17.8. The fraction of sp³-hybridized carbons (Fsp3) is 0.172. The highest BCUT2D eigenvalue weighted by Gasteiger charge is 2.19. The molecule has 0 N–H and O–H groups in total. The first-order valence-corrected chi connectivity index (χ1v) is 10.7. The molecule has 0 spiro atoms. The highest BCUT2D eigenvalue weighted by atomic mass is 16.5. The van der Waals surface area contributed by atoms with E-state index in [9.17, 15) is 0 Å². The molecule has 0 bridgehead atoms. The maximum absolute atomic E-state index is 6.56. The van der Waals surface area contributed by atoms with Crippen LogP contribution in [-0.2, 0) is 13.0 Å². The smallest absolute Gasteiger partial charge is 0.131 e. The number of hydrogen-bond acceptors (Lipinski definition) is 1. The van der Waals surface area contributed by atoms with Crippen molar-refractivity contribution in [3.63, 3.8) is 0 Å². The third-order valence-electron chi connectivity index (χ3n) is 5.53. The van der Waals surface area contributed by atoms with Crippen molar-refractivity contribution in [3.8, 4) is 28.0 Å². The van der Waals surface area contributed by atoms with Gasteiger partial charge in [0.05, 0.1) is 0 Å². The lowest BCUT2D eigenvalue weighted by Crippen LogP contribution is -2.03. The van der Waals surface area contributed by atoms with Crippen molar-refractivity contribution in [3.05, 3.63) is 114 Å². The highest BCUT2D eigenvalue weighted by Crippen LogP contribution is 2.43. The number of rotatable bonds is 7. The van der Waals surface area contributed by atoms with Crippen LogP contribution in [0.5, 0.6) is 5.75 Å². The zero-order chi connectivity index (χ0) is 20.8. The van der Waals surface area contributed by atoms with Crippen molar-refractivity contribution in [1.29, 1.82) is 0 Å². The molecule has 150 valence electrons. The third-order valence-corrected chi connectivity index (χ3v) is 5.53. The Morgan fingerprint density at radius 3 is 1.87 bits per heavy atom. The van der Waals surface area contributed by atoms with Crippen LogP contribution in [0.25, 0.3) is 22.3 Å². The predicted octanol–water partition coefficient (Wildman–Crippen LogP) is 7.86. The van der Waals surface area contributed by atoms with Crippen LogP contribution in [0.4, 0.5) is 0 Å². The Labute approximate surface area is 180 Å². The first kappa shape index (κ1) is 20.0. The molecular weight excluding hydrogens is 364 g/mol. The van der Waals surface area contributed by atoms with E-state index in [2.05, 4.69) is 105 Å². The fourth-order valence-corrected chi connectivity index (χ4v) is 3.99. The van der Waals surface area contributed by atoms with Gasteiger partial charge in [0.2, 0.25) is 0 Å². The summed E-state index contributed by atoms with van der Waals surface area (Å²) < 4.78 is 6.56. The van der Waals surface area contributed by atoms with Crippen LogP contribution in [0.2, 0.25) is 0 Å². The molecule has 4 aromatic carbocycles. The molecule has 0 radical (unpaired) electrons. The van der Waals surface area contributed by atoms with Crippen LogP contribution in [0, 0.1) is 6.92 Å². The van der Waals surface area contributed by atoms with Crippen LogP contribution in [0.15, 0.2) is 97.1 Å². The van der Waals surface area contributed by atoms with E-state index in [0.717, 1.165) is 18.6 Å². The molecule has 0 aliphatic rings. The summed E-state index contributed by atoms with van der Waals surface area (Å²) in [6.07, 6.45) is 2.15. The van der Waals surface area contributed by atoms with Crippen LogP contribution >= 0.6 is 0 Å². The number of ether oxygens (including phenoxy) is 1. The van der Waals surface area contributed by atoms with Gasteiger partial charge in [0, 0.05) is 5.56 Å². The molecule has 0 saturated heterocycles. The standard InChI is InChI=1S/C29H28O/c1-3-13-26-20-27(24-16-9-5-10-17-24)28(25-18-11-6-12-19-25)29(22(26)2)30-21-23-14-7-4-8-15-23/h4-12,14-20H,3,13,21H2,1-2H3. The average Bonchev–Trinajstić information content (AvgIpc) is 2.81. The summed E-state index contributed by atoms with van der Waals surface area (Å²) in [5.41, 5.74) is 8.60. The molecule has 0 aromatic heterocycles. The first-order valence-electron chi connectivity index (χ1n) is 10.7. The lowest BCUT2D eigenvalue weighted by Gasteiger charge is -2.22. The summed E-state index contributed by atoms with van der Waals surface area (Å²) in [7, 11) is 0. The maximum Gasteiger partial charge on any atom is 0.131 e. The summed E-state index contributed by atoms with van der Waals surface area (Å²) >= 11 is 0. The molecule has 4 aromatic rings. The topological polar surface area (TPSA) is 9.23 Å². The van der Waals surface area contributed by atoms with Gasteiger partial charge in [-0.05, 0) is 52.8 Å². The molecule has 0 amide bonds. The average molecular weight is 393 g/mol. The molecule has 0 aliphatic heterocycles. The summed E-state index contributed by atoms with van der Waals surface area (Å²) in [6, 6.07) is 34.0. The first-order chi connectivity index (χ1) is 14.8. The second kappa shape index (κ2) is 9.45. The van der Waals surface area contributed by atoms with E-state index in [1.54, 1.807) is 0 Å². The van der Waals surface area contributed by atoms with Crippen LogP contribution in [-0.4, -0.2) is 0 Å². The molecule has 1 nitrogen and oxygen atoms in total. The highest BCUT2D eigenvalue weighted by molar-refractivity contribution is 5.89. The second-order valence-electron chi connectivity index (χ2n) is 7.67. The van der Waals surface area contributed by atoms with Crippen molar-refractivity contribution >= 4 is 0 Å². The van der Waals surface area contributed by atoms with E-state index >= 15 is 0 Å². The Bertz CT molecular complexity index is 1080. The van der Waals surface area contributed by atoms with Gasteiger partial charge in [-0.15, -0.1) is 0 Å². The maximum atomic E-state index is 6.56. The van der Waals surface area contributed by atoms with Gasteiger partial charge >= 0.3 is 0 Å². The molecule has 0 unspecified atom stereocenters. The Morgan fingerprint density at radius 2 is 1.27 bits per heavy atom. The zero-order valence-electron chi connectivity index (χ0n) is 17.8. The van der Waals surface area contributed by atoms with E-state index in [-0.39, 0.29) is 0 Å². The summed E-state index contributed by atoms with van der Waals surface area (Å²) in [6.45, 7) is 5.00. The molecule has 0 atom stereocenters. The summed E-state index contributed by atoms with van der Waals surface area (Å²) in [5.74, 6) is 0.995. The van der Waals surface area contributed by atoms with Gasteiger partial charge in [-0.3, -0.25) is 0 Å². The van der Waals surface area contributed by atoms with Gasteiger partial charge in [0.25, 0.3) is 0 Å². The normalized spacial score (nSPS) is 10.7. The van der Waals surface area contributed by atoms with Gasteiger partial charge in [0.15, 0.2) is 0 Å². The minimum absolute atomic E-state index is 0.561. The SMILES string of the molecule is CCCc1cc(-c2ccccc2)c(-c2ccccc2)c(OCc2ccccc2)c1C. The minimum atomic E-state index is 0.561. The van der Waals surface area contributed by atoms with Crippen molar-refractivity contribution in [2.24, 2.45) is 0 Å². The van der Waals surface area contributed by atoms with Crippen molar-refractivity contribution in [2.45, 2.75) is 33.3 Å². The van der Waals surface area contributed by atoms with E-state index < -0.39 is 0 Å². The Hall–Kier alpha value is -3.32. The molecule has 1 heteroatoms. The lowest BCUT2D eigenvalue weighted by atomic mass is 9.88. The number of benzene rings is 4. The third kappa shape index (κ3) is 4.31. The predicted molar refractivity (Wildman–Crippen MR) is 127 cm³/mol. The van der Waals surface area contributed by atoms with Crippen molar-refractivity contribution in [1.82, 2.24) is 0 Å². The molecule has 0 heterocycles. The molecule has 0 fully saturated rings. The van der Waals surface area contributed by atoms with Crippen molar-refractivity contribution in [2.75, 3.05) is 0 Å². The monoisotopic (exact) mass is 392 g/mol. The number of aryl methyl sites for hydroxylation is 1. The Morgan fingerprint density at radius 1 is 0.700 bits per heavy atom. The van der Waals surface area contributed by atoms with Crippen LogP contribution < -0.4 is 4.74 Å². The van der Waals surface area contributed by atoms with Crippen LogP contribution in [0.3, 0.4) is 0 Å². The molecular formula is C29H28O. The quantitative estimate of drug-likeness (QED) is 0.311. The molecule has 30 heavy (non-hydrogen) atoms. The van der Waals surface area contributed by atoms with Crippen molar-refractivity contribution < 1.29 is 4.74 Å². The van der Waals surface area contributed by atoms with Gasteiger partial charge in [-0.2, -0.15) is 0 Å². The molecule has 4 rings (SSSR count). The van der Waals surface area contributed by atoms with E-state index in [0.29, 0.717) is 6.61 Å². The summed E-state index contributed by atoms with van der Waals surface area (Å²) in [5, 5.41) is 0. The van der Waals surface area contributed by atoms with Gasteiger partial charge in [-0.1, -0.05) is 104 Å². The molecule has 0 aliphatic carbocycles. The van der Waals surface area contributed by atoms with E-state index in [1.807, 2.05) is 6.07 Å². The fourth-order valence-electron chi connectivity index (χ4n) is 3.99. The Kier molecular flexibility index (Phi) is 6.29. The lowest BCUT2D eigenvalue weighted by molar-refractivity contribution is 0.305. The molecule has 0 saturated carbocycles. The van der Waals surface area contributed by atoms with Gasteiger partial charge in [-0.25, -0.2) is 0 Å². The van der Waals surface area contributed by atoms with E-state index in [4.69, 9.17) is 4.74 Å². The second-order valence-corrected chi connectivity index (χ2v) is 7.67. The van der Waals surface area contributed by atoms with Gasteiger partial charge < -0.3 is 4.74 Å².